The Balaban J connectivity index is 2.26. The largest absolute Gasteiger partial charge is 0.381 e. The van der Waals surface area contributed by atoms with Gasteiger partial charge >= 0.3 is 0 Å². The Bertz CT molecular complexity index is 150. The van der Waals surface area contributed by atoms with Crippen molar-refractivity contribution in [3.05, 3.63) is 0 Å². The van der Waals surface area contributed by atoms with Crippen LogP contribution in [-0.4, -0.2) is 37.7 Å². The minimum Gasteiger partial charge on any atom is -0.381 e. The van der Waals surface area contributed by atoms with Crippen LogP contribution in [0.3, 0.4) is 0 Å². The number of nitrogens with zero attached hydrogens (tertiary/aromatic N) is 1. The third-order valence-electron chi connectivity index (χ3n) is 3.25. The fourth-order valence-corrected chi connectivity index (χ4v) is 2.45. The van der Waals surface area contributed by atoms with E-state index >= 15 is 0 Å². The molecular weight excluding hydrogens is 174 g/mol. The second-order valence-corrected chi connectivity index (χ2v) is 5.00. The van der Waals surface area contributed by atoms with Crippen LogP contribution in [0.2, 0.25) is 0 Å². The summed E-state index contributed by atoms with van der Waals surface area (Å²) in [4.78, 5) is 2.52. The SMILES string of the molecule is CO[C@H]1CC[C@@H](N(C)CC(C)C)CC1. The zero-order chi connectivity index (χ0) is 10.6. The van der Waals surface area contributed by atoms with E-state index in [-0.39, 0.29) is 0 Å². The van der Waals surface area contributed by atoms with Gasteiger partial charge in [0.05, 0.1) is 6.10 Å². The molecule has 0 aromatic carbocycles. The topological polar surface area (TPSA) is 12.5 Å². The first-order valence-corrected chi connectivity index (χ1v) is 5.86. The van der Waals surface area contributed by atoms with Crippen LogP contribution in [0.15, 0.2) is 0 Å². The van der Waals surface area contributed by atoms with E-state index in [2.05, 4.69) is 25.8 Å². The van der Waals surface area contributed by atoms with Crippen LogP contribution in [0.1, 0.15) is 39.5 Å². The van der Waals surface area contributed by atoms with Crippen molar-refractivity contribution in [3.63, 3.8) is 0 Å². The van der Waals surface area contributed by atoms with Crippen molar-refractivity contribution >= 4 is 0 Å². The van der Waals surface area contributed by atoms with E-state index in [0.29, 0.717) is 6.10 Å². The second kappa shape index (κ2) is 5.72. The first-order valence-electron chi connectivity index (χ1n) is 5.86. The van der Waals surface area contributed by atoms with E-state index in [1.54, 1.807) is 0 Å². The quantitative estimate of drug-likeness (QED) is 0.690. The molecule has 1 fully saturated rings. The predicted molar refractivity (Wildman–Crippen MR) is 60.5 cm³/mol. The van der Waals surface area contributed by atoms with Crippen molar-refractivity contribution in [3.8, 4) is 0 Å². The molecule has 1 aliphatic rings. The highest BCUT2D eigenvalue weighted by Gasteiger charge is 2.23. The second-order valence-electron chi connectivity index (χ2n) is 5.00. The number of ether oxygens (including phenoxy) is 1. The van der Waals surface area contributed by atoms with Gasteiger partial charge in [0.25, 0.3) is 0 Å². The Kier molecular flexibility index (Phi) is 4.90. The minimum atomic E-state index is 0.527. The third kappa shape index (κ3) is 3.58. The Hall–Kier alpha value is -0.0800. The molecule has 0 heterocycles. The fraction of sp³-hybridized carbons (Fsp3) is 1.00. The van der Waals surface area contributed by atoms with E-state index < -0.39 is 0 Å². The molecule has 1 aliphatic carbocycles. The molecule has 84 valence electrons. The van der Waals surface area contributed by atoms with Crippen LogP contribution in [0.25, 0.3) is 0 Å². The molecule has 1 saturated carbocycles. The molecule has 2 nitrogen and oxygen atoms in total. The summed E-state index contributed by atoms with van der Waals surface area (Å²) in [7, 11) is 4.10. The van der Waals surface area contributed by atoms with Gasteiger partial charge in [-0.1, -0.05) is 13.8 Å². The molecule has 2 heteroatoms. The van der Waals surface area contributed by atoms with E-state index in [0.717, 1.165) is 12.0 Å². The predicted octanol–water partition coefficient (Wildman–Crippen LogP) is 2.53. The van der Waals surface area contributed by atoms with Gasteiger partial charge < -0.3 is 9.64 Å². The molecule has 0 aliphatic heterocycles. The van der Waals surface area contributed by atoms with E-state index in [1.165, 1.54) is 32.2 Å². The Morgan fingerprint density at radius 2 is 1.79 bits per heavy atom. The summed E-state index contributed by atoms with van der Waals surface area (Å²) in [5, 5.41) is 0. The molecule has 0 N–H and O–H groups in total. The summed E-state index contributed by atoms with van der Waals surface area (Å²) in [5.74, 6) is 0.778. The van der Waals surface area contributed by atoms with Crippen molar-refractivity contribution in [2.24, 2.45) is 5.92 Å². The van der Waals surface area contributed by atoms with Gasteiger partial charge in [0.15, 0.2) is 0 Å². The Morgan fingerprint density at radius 1 is 1.21 bits per heavy atom. The lowest BCUT2D eigenvalue weighted by molar-refractivity contribution is 0.0421. The number of hydrogen-bond acceptors (Lipinski definition) is 2. The van der Waals surface area contributed by atoms with Crippen molar-refractivity contribution in [1.82, 2.24) is 4.90 Å². The van der Waals surface area contributed by atoms with Crippen LogP contribution < -0.4 is 0 Å². The average Bonchev–Trinajstić information content (AvgIpc) is 2.17. The number of rotatable bonds is 4. The van der Waals surface area contributed by atoms with Crippen LogP contribution in [-0.2, 0) is 4.74 Å². The van der Waals surface area contributed by atoms with Crippen molar-refractivity contribution in [1.29, 1.82) is 0 Å². The molecule has 14 heavy (non-hydrogen) atoms. The molecule has 0 aromatic rings. The molecule has 0 spiro atoms. The summed E-state index contributed by atoms with van der Waals surface area (Å²) < 4.78 is 5.38. The molecule has 0 unspecified atom stereocenters. The molecule has 0 atom stereocenters. The monoisotopic (exact) mass is 199 g/mol. The van der Waals surface area contributed by atoms with E-state index in [4.69, 9.17) is 4.74 Å². The van der Waals surface area contributed by atoms with E-state index in [9.17, 15) is 0 Å². The molecule has 0 bridgehead atoms. The number of methoxy groups -OCH3 is 1. The summed E-state index contributed by atoms with van der Waals surface area (Å²) >= 11 is 0. The fourth-order valence-electron chi connectivity index (χ4n) is 2.45. The van der Waals surface area contributed by atoms with Gasteiger partial charge in [-0.15, -0.1) is 0 Å². The molecule has 1 rings (SSSR count). The van der Waals surface area contributed by atoms with Crippen molar-refractivity contribution in [2.45, 2.75) is 51.7 Å². The lowest BCUT2D eigenvalue weighted by Gasteiger charge is -2.35. The normalized spacial score (nSPS) is 28.7. The van der Waals surface area contributed by atoms with Gasteiger partial charge in [0.2, 0.25) is 0 Å². The Morgan fingerprint density at radius 3 is 2.21 bits per heavy atom. The van der Waals surface area contributed by atoms with Crippen LogP contribution >= 0.6 is 0 Å². The molecule has 0 aromatic heterocycles. The van der Waals surface area contributed by atoms with Crippen molar-refractivity contribution < 1.29 is 4.74 Å². The van der Waals surface area contributed by atoms with Gasteiger partial charge in [-0.2, -0.15) is 0 Å². The van der Waals surface area contributed by atoms with Crippen LogP contribution in [0, 0.1) is 5.92 Å². The molecule has 0 radical (unpaired) electrons. The van der Waals surface area contributed by atoms with Gasteiger partial charge in [0.1, 0.15) is 0 Å². The summed E-state index contributed by atoms with van der Waals surface area (Å²) in [5.41, 5.74) is 0. The maximum Gasteiger partial charge on any atom is 0.0572 e. The standard InChI is InChI=1S/C12H25NO/c1-10(2)9-13(3)11-5-7-12(14-4)8-6-11/h10-12H,5-9H2,1-4H3/t11-,12+. The Labute approximate surface area is 88.6 Å². The maximum atomic E-state index is 5.38. The van der Waals surface area contributed by atoms with Gasteiger partial charge in [-0.25, -0.2) is 0 Å². The highest BCUT2D eigenvalue weighted by molar-refractivity contribution is 4.78. The van der Waals surface area contributed by atoms with Gasteiger partial charge in [-0.3, -0.25) is 0 Å². The molecule has 0 saturated heterocycles. The lowest BCUT2D eigenvalue weighted by atomic mass is 9.91. The van der Waals surface area contributed by atoms with Crippen LogP contribution in [0.5, 0.6) is 0 Å². The summed E-state index contributed by atoms with van der Waals surface area (Å²) in [6, 6.07) is 0.795. The third-order valence-corrected chi connectivity index (χ3v) is 3.25. The smallest absolute Gasteiger partial charge is 0.0572 e. The molecule has 0 amide bonds. The van der Waals surface area contributed by atoms with E-state index in [1.807, 2.05) is 7.11 Å². The summed E-state index contributed by atoms with van der Waals surface area (Å²) in [6.45, 7) is 5.80. The maximum absolute atomic E-state index is 5.38. The zero-order valence-electron chi connectivity index (χ0n) is 10.1. The first kappa shape index (κ1) is 12.0. The highest BCUT2D eigenvalue weighted by atomic mass is 16.5. The van der Waals surface area contributed by atoms with Gasteiger partial charge in [0, 0.05) is 19.7 Å². The summed E-state index contributed by atoms with van der Waals surface area (Å²) in [6.07, 6.45) is 5.62. The average molecular weight is 199 g/mol. The van der Waals surface area contributed by atoms with Crippen LogP contribution in [0.4, 0.5) is 0 Å². The molecular formula is C12H25NO. The van der Waals surface area contributed by atoms with Gasteiger partial charge in [-0.05, 0) is 38.6 Å². The van der Waals surface area contributed by atoms with Crippen molar-refractivity contribution in [2.75, 3.05) is 20.7 Å². The minimum absolute atomic E-state index is 0.527. The lowest BCUT2D eigenvalue weighted by Crippen LogP contribution is -2.38. The highest BCUT2D eigenvalue weighted by Crippen LogP contribution is 2.24. The zero-order valence-corrected chi connectivity index (χ0v) is 10.1. The number of hydrogen-bond donors (Lipinski definition) is 0. The first-order chi connectivity index (χ1) is 6.63.